The van der Waals surface area contributed by atoms with E-state index < -0.39 is 22.5 Å². The van der Waals surface area contributed by atoms with Crippen LogP contribution in [0.1, 0.15) is 29.8 Å². The number of carbonyl (C=O) groups is 2. The Morgan fingerprint density at radius 1 is 1.35 bits per heavy atom. The zero-order chi connectivity index (χ0) is 18.9. The second-order valence-electron chi connectivity index (χ2n) is 6.44. The number of thioether (sulfide) groups is 1. The second kappa shape index (κ2) is 7.20. The molecule has 0 bridgehead atoms. The summed E-state index contributed by atoms with van der Waals surface area (Å²) in [6.07, 6.45) is 3.07. The number of carbonyl (C=O) groups excluding carboxylic acids is 2. The molecule has 8 heteroatoms. The fraction of sp³-hybridized carbons (Fsp3) is 0.278. The lowest BCUT2D eigenvalue weighted by molar-refractivity contribution is -0.130. The Hall–Kier alpha value is -2.19. The maximum atomic E-state index is 13.1. The van der Waals surface area contributed by atoms with Crippen molar-refractivity contribution in [2.24, 2.45) is 0 Å². The molecule has 2 aromatic rings. The molecule has 1 aliphatic rings. The predicted molar refractivity (Wildman–Crippen MR) is 101 cm³/mol. The summed E-state index contributed by atoms with van der Waals surface area (Å²) in [6.45, 7) is 3.99. The molecular weight excluding hydrogens is 375 g/mol. The van der Waals surface area contributed by atoms with Crippen molar-refractivity contribution in [3.05, 3.63) is 59.8 Å². The van der Waals surface area contributed by atoms with Crippen LogP contribution in [0.15, 0.2) is 47.3 Å². The number of hydrogen-bond acceptors (Lipinski definition) is 5. The first kappa shape index (κ1) is 18.6. The molecule has 1 aromatic carbocycles. The largest absolute Gasteiger partial charge is 0.472 e. The maximum Gasteiger partial charge on any atom is 0.252 e. The van der Waals surface area contributed by atoms with Crippen LogP contribution in [-0.2, 0) is 11.3 Å². The molecule has 1 saturated heterocycles. The van der Waals surface area contributed by atoms with Crippen LogP contribution in [0.2, 0.25) is 0 Å². The quantitative estimate of drug-likeness (QED) is 0.809. The zero-order valence-electron chi connectivity index (χ0n) is 14.2. The van der Waals surface area contributed by atoms with Crippen molar-refractivity contribution in [1.29, 1.82) is 0 Å². The molecule has 1 aromatic heterocycles. The van der Waals surface area contributed by atoms with Crippen molar-refractivity contribution in [3.8, 4) is 0 Å². The van der Waals surface area contributed by atoms with Gasteiger partial charge in [0.25, 0.3) is 11.8 Å². The van der Waals surface area contributed by atoms with Gasteiger partial charge in [0, 0.05) is 15.9 Å². The third kappa shape index (κ3) is 3.81. The first-order valence-electron chi connectivity index (χ1n) is 7.90. The lowest BCUT2D eigenvalue weighted by Crippen LogP contribution is -2.62. The number of thiocarbonyl (C=S) groups is 1. The highest BCUT2D eigenvalue weighted by Crippen LogP contribution is 2.37. The van der Waals surface area contributed by atoms with Crippen LogP contribution >= 0.6 is 24.0 Å². The smallest absolute Gasteiger partial charge is 0.252 e. The van der Waals surface area contributed by atoms with Gasteiger partial charge in [-0.15, -0.1) is 0 Å². The van der Waals surface area contributed by atoms with Crippen LogP contribution in [0.3, 0.4) is 0 Å². The molecule has 2 amide bonds. The number of amides is 2. The van der Waals surface area contributed by atoms with E-state index in [4.69, 9.17) is 16.6 Å². The first-order valence-corrected chi connectivity index (χ1v) is 9.12. The van der Waals surface area contributed by atoms with Crippen LogP contribution in [-0.4, -0.2) is 31.8 Å². The van der Waals surface area contributed by atoms with Crippen molar-refractivity contribution in [1.82, 2.24) is 10.2 Å². The lowest BCUT2D eigenvalue weighted by Gasteiger charge is -2.42. The summed E-state index contributed by atoms with van der Waals surface area (Å²) >= 11 is 6.74. The van der Waals surface area contributed by atoms with Crippen molar-refractivity contribution in [3.63, 3.8) is 0 Å². The Balaban J connectivity index is 1.81. The molecule has 1 fully saturated rings. The molecule has 1 unspecified atom stereocenters. The van der Waals surface area contributed by atoms with Gasteiger partial charge in [-0.2, -0.15) is 0 Å². The zero-order valence-corrected chi connectivity index (χ0v) is 15.8. The summed E-state index contributed by atoms with van der Waals surface area (Å²) in [6, 6.07) is 6.16. The van der Waals surface area contributed by atoms with E-state index in [1.807, 2.05) is 13.8 Å². The normalized spacial score (nSPS) is 19.5. The van der Waals surface area contributed by atoms with Crippen LogP contribution in [0.25, 0.3) is 0 Å². The van der Waals surface area contributed by atoms with Crippen molar-refractivity contribution >= 4 is 40.1 Å². The molecule has 0 saturated carbocycles. The van der Waals surface area contributed by atoms with Crippen LogP contribution < -0.4 is 5.32 Å². The SMILES string of the molecule is CC1(C)SC(=S)N(Cc2ccoc2)C(=O)C1NC(=O)c1ccc(F)cc1. The van der Waals surface area contributed by atoms with Gasteiger partial charge < -0.3 is 9.73 Å². The third-order valence-electron chi connectivity index (χ3n) is 4.08. The van der Waals surface area contributed by atoms with Gasteiger partial charge in [-0.3, -0.25) is 14.5 Å². The first-order chi connectivity index (χ1) is 12.3. The van der Waals surface area contributed by atoms with Gasteiger partial charge in [0.1, 0.15) is 16.2 Å². The van der Waals surface area contributed by atoms with E-state index in [1.54, 1.807) is 12.3 Å². The Bertz CT molecular complexity index is 835. The molecule has 3 rings (SSSR count). The molecule has 5 nitrogen and oxygen atoms in total. The van der Waals surface area contributed by atoms with Gasteiger partial charge in [0.2, 0.25) is 0 Å². The molecular formula is C18H17FN2O3S2. The van der Waals surface area contributed by atoms with Crippen LogP contribution in [0, 0.1) is 5.82 Å². The Labute approximate surface area is 159 Å². The van der Waals surface area contributed by atoms with Gasteiger partial charge in [0.15, 0.2) is 0 Å². The molecule has 0 spiro atoms. The molecule has 1 aliphatic heterocycles. The summed E-state index contributed by atoms with van der Waals surface area (Å²) in [4.78, 5) is 27.0. The Morgan fingerprint density at radius 3 is 2.65 bits per heavy atom. The number of hydrogen-bond donors (Lipinski definition) is 1. The minimum Gasteiger partial charge on any atom is -0.472 e. The van der Waals surface area contributed by atoms with Crippen LogP contribution in [0.4, 0.5) is 4.39 Å². The summed E-state index contributed by atoms with van der Waals surface area (Å²) in [5, 5.41) is 2.77. The van der Waals surface area contributed by atoms with E-state index in [-0.39, 0.29) is 18.0 Å². The molecule has 1 N–H and O–H groups in total. The van der Waals surface area contributed by atoms with E-state index >= 15 is 0 Å². The second-order valence-corrected chi connectivity index (χ2v) is 8.73. The molecule has 0 aliphatic carbocycles. The summed E-state index contributed by atoms with van der Waals surface area (Å²) in [7, 11) is 0. The van der Waals surface area contributed by atoms with Gasteiger partial charge in [-0.1, -0.05) is 24.0 Å². The van der Waals surface area contributed by atoms with E-state index in [0.717, 1.165) is 5.56 Å². The van der Waals surface area contributed by atoms with E-state index in [0.29, 0.717) is 4.32 Å². The molecule has 136 valence electrons. The molecule has 2 heterocycles. The average Bonchev–Trinajstić information content (AvgIpc) is 3.09. The van der Waals surface area contributed by atoms with E-state index in [2.05, 4.69) is 5.32 Å². The van der Waals surface area contributed by atoms with E-state index in [1.165, 1.54) is 47.2 Å². The van der Waals surface area contributed by atoms with Gasteiger partial charge in [0.05, 0.1) is 19.1 Å². The number of furan rings is 1. The topological polar surface area (TPSA) is 62.6 Å². The minimum atomic E-state index is -0.774. The number of nitrogens with one attached hydrogen (secondary N) is 1. The molecule has 0 radical (unpaired) electrons. The number of benzene rings is 1. The summed E-state index contributed by atoms with van der Waals surface area (Å²) < 4.78 is 17.9. The number of nitrogens with zero attached hydrogens (tertiary/aromatic N) is 1. The van der Waals surface area contributed by atoms with Crippen LogP contribution in [0.5, 0.6) is 0 Å². The van der Waals surface area contributed by atoms with Crippen molar-refractivity contribution < 1.29 is 18.4 Å². The fourth-order valence-electron chi connectivity index (χ4n) is 2.64. The average molecular weight is 392 g/mol. The Morgan fingerprint density at radius 2 is 2.04 bits per heavy atom. The fourth-order valence-corrected chi connectivity index (χ4v) is 4.43. The van der Waals surface area contributed by atoms with Gasteiger partial charge >= 0.3 is 0 Å². The highest BCUT2D eigenvalue weighted by molar-refractivity contribution is 8.24. The standard InChI is InChI=1S/C18H17FN2O3S2/c1-18(2)14(20-15(22)12-3-5-13(19)6-4-12)16(23)21(17(25)26-18)9-11-7-8-24-10-11/h3-8,10,14H,9H2,1-2H3,(H,20,22). The third-order valence-corrected chi connectivity index (χ3v) is 5.71. The minimum absolute atomic E-state index is 0.278. The predicted octanol–water partition coefficient (Wildman–Crippen LogP) is 3.36. The lowest BCUT2D eigenvalue weighted by atomic mass is 10.0. The summed E-state index contributed by atoms with van der Waals surface area (Å²) in [5.41, 5.74) is 1.10. The molecule has 26 heavy (non-hydrogen) atoms. The Kier molecular flexibility index (Phi) is 5.15. The molecule has 1 atom stereocenters. The van der Waals surface area contributed by atoms with Gasteiger partial charge in [-0.25, -0.2) is 4.39 Å². The summed E-state index contributed by atoms with van der Waals surface area (Å²) in [5.74, 6) is -1.15. The maximum absolute atomic E-state index is 13.1. The highest BCUT2D eigenvalue weighted by atomic mass is 32.2. The highest BCUT2D eigenvalue weighted by Gasteiger charge is 2.46. The number of halogens is 1. The van der Waals surface area contributed by atoms with E-state index in [9.17, 15) is 14.0 Å². The van der Waals surface area contributed by atoms with Gasteiger partial charge in [-0.05, 0) is 44.2 Å². The van der Waals surface area contributed by atoms with Crippen molar-refractivity contribution in [2.45, 2.75) is 31.2 Å². The monoisotopic (exact) mass is 392 g/mol. The van der Waals surface area contributed by atoms with Crippen molar-refractivity contribution in [2.75, 3.05) is 0 Å². The number of rotatable bonds is 4.